The van der Waals surface area contributed by atoms with Gasteiger partial charge in [-0.05, 0) is 70.7 Å². The lowest BCUT2D eigenvalue weighted by molar-refractivity contribution is -0.125. The monoisotopic (exact) mass is 531 g/mol. The summed E-state index contributed by atoms with van der Waals surface area (Å²) in [6.45, 7) is 9.25. The van der Waals surface area contributed by atoms with E-state index in [9.17, 15) is 9.59 Å². The van der Waals surface area contributed by atoms with Crippen LogP contribution in [-0.4, -0.2) is 58.1 Å². The molecule has 0 saturated carbocycles. The van der Waals surface area contributed by atoms with Crippen LogP contribution in [-0.2, 0) is 9.53 Å². The molecule has 1 saturated heterocycles. The third-order valence-electron chi connectivity index (χ3n) is 5.79. The van der Waals surface area contributed by atoms with E-state index in [4.69, 9.17) is 10.00 Å². The van der Waals surface area contributed by atoms with Crippen LogP contribution in [0, 0.1) is 23.2 Å². The number of amides is 2. The number of nitriles is 1. The molecule has 0 bridgehead atoms. The molecule has 2 amide bonds. The van der Waals surface area contributed by atoms with Crippen molar-refractivity contribution in [1.82, 2.24) is 20.2 Å². The average molecular weight is 532 g/mol. The molecule has 1 aromatic heterocycles. The van der Waals surface area contributed by atoms with E-state index in [1.807, 2.05) is 20.8 Å². The molecule has 0 spiro atoms. The van der Waals surface area contributed by atoms with Crippen LogP contribution in [0.1, 0.15) is 70.9 Å². The van der Waals surface area contributed by atoms with E-state index in [0.717, 1.165) is 25.1 Å². The van der Waals surface area contributed by atoms with Gasteiger partial charge in [0.05, 0.1) is 23.4 Å². The maximum absolute atomic E-state index is 12.7. The number of nitrogens with one attached hydrogen (secondary N) is 3. The molecule has 0 aliphatic carbocycles. The van der Waals surface area contributed by atoms with Crippen LogP contribution < -0.4 is 16.0 Å². The van der Waals surface area contributed by atoms with Gasteiger partial charge in [0.2, 0.25) is 11.9 Å². The number of carbonyl (C=O) groups is 2. The van der Waals surface area contributed by atoms with Crippen molar-refractivity contribution in [3.8, 4) is 17.9 Å². The second kappa shape index (κ2) is 14.0. The van der Waals surface area contributed by atoms with Gasteiger partial charge >= 0.3 is 6.09 Å². The van der Waals surface area contributed by atoms with Crippen molar-refractivity contribution < 1.29 is 14.3 Å². The number of anilines is 3. The summed E-state index contributed by atoms with van der Waals surface area (Å²) in [4.78, 5) is 35.6. The van der Waals surface area contributed by atoms with Gasteiger partial charge in [0.25, 0.3) is 0 Å². The van der Waals surface area contributed by atoms with Gasteiger partial charge < -0.3 is 20.7 Å². The van der Waals surface area contributed by atoms with Gasteiger partial charge in [-0.15, -0.1) is 0 Å². The fraction of sp³-hybridized carbons (Fsp3) is 0.483. The lowest BCUT2D eigenvalue weighted by atomic mass is 10.2. The van der Waals surface area contributed by atoms with Crippen LogP contribution in [0.5, 0.6) is 0 Å². The molecule has 2 heterocycles. The highest BCUT2D eigenvalue weighted by Gasteiger charge is 2.36. The zero-order valence-corrected chi connectivity index (χ0v) is 23.1. The predicted molar refractivity (Wildman–Crippen MR) is 150 cm³/mol. The molecule has 3 N–H and O–H groups in total. The molecular formula is C29H37N7O3. The maximum atomic E-state index is 12.7. The number of aromatic nitrogens is 2. The molecule has 1 aliphatic heterocycles. The Morgan fingerprint density at radius 3 is 2.67 bits per heavy atom. The van der Waals surface area contributed by atoms with E-state index in [2.05, 4.69) is 50.8 Å². The van der Waals surface area contributed by atoms with Crippen LogP contribution in [0.25, 0.3) is 0 Å². The molecule has 1 aromatic carbocycles. The SMILES string of the molecule is CCCNc1nc(Nc2ccc(C#N)cc2)ncc1C#CCCCNC(=O)[C@H]1CCCN1C(=O)OC(C)(C)C. The largest absolute Gasteiger partial charge is 0.444 e. The smallest absolute Gasteiger partial charge is 0.410 e. The first kappa shape index (κ1) is 29.2. The van der Waals surface area contributed by atoms with Crippen LogP contribution in [0.4, 0.5) is 22.2 Å². The summed E-state index contributed by atoms with van der Waals surface area (Å²) in [7, 11) is 0. The third-order valence-corrected chi connectivity index (χ3v) is 5.79. The van der Waals surface area contributed by atoms with Crippen molar-refractivity contribution in [2.75, 3.05) is 30.3 Å². The Morgan fingerprint density at radius 1 is 1.21 bits per heavy atom. The molecule has 206 valence electrons. The highest BCUT2D eigenvalue weighted by Crippen LogP contribution is 2.21. The lowest BCUT2D eigenvalue weighted by Crippen LogP contribution is -2.47. The van der Waals surface area contributed by atoms with E-state index in [1.54, 1.807) is 30.5 Å². The minimum atomic E-state index is -0.599. The zero-order chi connectivity index (χ0) is 28.3. The fourth-order valence-corrected chi connectivity index (χ4v) is 3.91. The summed E-state index contributed by atoms with van der Waals surface area (Å²) in [5.74, 6) is 7.19. The van der Waals surface area contributed by atoms with Gasteiger partial charge in [0.15, 0.2) is 0 Å². The van der Waals surface area contributed by atoms with Crippen molar-refractivity contribution in [1.29, 1.82) is 5.26 Å². The highest BCUT2D eigenvalue weighted by atomic mass is 16.6. The third kappa shape index (κ3) is 9.19. The minimum absolute atomic E-state index is 0.156. The van der Waals surface area contributed by atoms with Crippen LogP contribution in [0.3, 0.4) is 0 Å². The van der Waals surface area contributed by atoms with Gasteiger partial charge in [-0.1, -0.05) is 18.8 Å². The van der Waals surface area contributed by atoms with Crippen molar-refractivity contribution in [3.05, 3.63) is 41.6 Å². The Labute approximate surface area is 230 Å². The minimum Gasteiger partial charge on any atom is -0.444 e. The molecular weight excluding hydrogens is 494 g/mol. The van der Waals surface area contributed by atoms with Crippen molar-refractivity contribution in [3.63, 3.8) is 0 Å². The van der Waals surface area contributed by atoms with Gasteiger partial charge in [0.1, 0.15) is 17.5 Å². The highest BCUT2D eigenvalue weighted by molar-refractivity contribution is 5.86. The Kier molecular flexibility index (Phi) is 10.5. The maximum Gasteiger partial charge on any atom is 0.410 e. The summed E-state index contributed by atoms with van der Waals surface area (Å²) in [6.07, 6.45) is 4.83. The molecule has 0 unspecified atom stereocenters. The summed E-state index contributed by atoms with van der Waals surface area (Å²) in [6, 6.07) is 8.66. The number of rotatable bonds is 9. The quantitative estimate of drug-likeness (QED) is 0.317. The Morgan fingerprint density at radius 2 is 1.97 bits per heavy atom. The number of hydrogen-bond donors (Lipinski definition) is 3. The number of benzene rings is 1. The molecule has 10 nitrogen and oxygen atoms in total. The van der Waals surface area contributed by atoms with Gasteiger partial charge in [-0.3, -0.25) is 9.69 Å². The molecule has 0 radical (unpaired) electrons. The summed E-state index contributed by atoms with van der Waals surface area (Å²) in [5.41, 5.74) is 1.45. The van der Waals surface area contributed by atoms with E-state index >= 15 is 0 Å². The second-order valence-corrected chi connectivity index (χ2v) is 10.2. The van der Waals surface area contributed by atoms with Gasteiger partial charge in [-0.25, -0.2) is 9.78 Å². The van der Waals surface area contributed by atoms with Crippen LogP contribution in [0.2, 0.25) is 0 Å². The Balaban J connectivity index is 1.52. The van der Waals surface area contributed by atoms with Crippen molar-refractivity contribution >= 4 is 29.5 Å². The molecule has 39 heavy (non-hydrogen) atoms. The van der Waals surface area contributed by atoms with Crippen molar-refractivity contribution in [2.24, 2.45) is 0 Å². The zero-order valence-electron chi connectivity index (χ0n) is 23.1. The normalized spacial score (nSPS) is 14.5. The number of hydrogen-bond acceptors (Lipinski definition) is 8. The predicted octanol–water partition coefficient (Wildman–Crippen LogP) is 4.56. The van der Waals surface area contributed by atoms with Crippen LogP contribution >= 0.6 is 0 Å². The van der Waals surface area contributed by atoms with Crippen LogP contribution in [0.15, 0.2) is 30.5 Å². The van der Waals surface area contributed by atoms with E-state index in [-0.39, 0.29) is 5.91 Å². The Hall–Kier alpha value is -4.31. The molecule has 1 fully saturated rings. The van der Waals surface area contributed by atoms with E-state index in [0.29, 0.717) is 55.2 Å². The van der Waals surface area contributed by atoms with Gasteiger partial charge in [0, 0.05) is 31.7 Å². The molecule has 1 aliphatic rings. The number of likely N-dealkylation sites (tertiary alicyclic amines) is 1. The van der Waals surface area contributed by atoms with Gasteiger partial charge in [-0.2, -0.15) is 10.2 Å². The number of nitrogens with zero attached hydrogens (tertiary/aromatic N) is 4. The molecule has 2 aromatic rings. The average Bonchev–Trinajstić information content (AvgIpc) is 3.40. The lowest BCUT2D eigenvalue weighted by Gasteiger charge is -2.28. The summed E-state index contributed by atoms with van der Waals surface area (Å²) in [5, 5.41) is 18.3. The standard InChI is InChI=1S/C29H37N7O3/c1-5-16-31-25-22(20-33-27(35-25)34-23-14-12-21(19-30)13-15-23)10-7-6-8-17-32-26(37)24-11-9-18-36(24)28(38)39-29(2,3)4/h12-15,20,24H,5-6,8-9,11,16-18H2,1-4H3,(H,32,37)(H2,31,33,34,35)/t24-/m1/s1. The Bertz CT molecular complexity index is 1240. The topological polar surface area (TPSA) is 132 Å². The van der Waals surface area contributed by atoms with Crippen molar-refractivity contribution in [2.45, 2.75) is 71.4 Å². The van der Waals surface area contributed by atoms with E-state index < -0.39 is 17.7 Å². The molecule has 1 atom stereocenters. The number of carbonyl (C=O) groups excluding carboxylic acids is 2. The fourth-order valence-electron chi connectivity index (χ4n) is 3.91. The first-order valence-corrected chi connectivity index (χ1v) is 13.3. The first-order chi connectivity index (χ1) is 18.7. The summed E-state index contributed by atoms with van der Waals surface area (Å²) < 4.78 is 5.44. The summed E-state index contributed by atoms with van der Waals surface area (Å²) >= 11 is 0. The molecule has 10 heteroatoms. The first-order valence-electron chi connectivity index (χ1n) is 13.3. The van der Waals surface area contributed by atoms with E-state index in [1.165, 1.54) is 4.90 Å². The number of ether oxygens (including phenoxy) is 1. The molecule has 3 rings (SSSR count). The number of unbranched alkanes of at least 4 members (excludes halogenated alkanes) is 1. The second-order valence-electron chi connectivity index (χ2n) is 10.2.